The highest BCUT2D eigenvalue weighted by Gasteiger charge is 2.05. The Morgan fingerprint density at radius 1 is 1.25 bits per heavy atom. The summed E-state index contributed by atoms with van der Waals surface area (Å²) in [6.07, 6.45) is 1.77. The molecule has 1 aromatic carbocycles. The number of nitrogens with zero attached hydrogens (tertiary/aromatic N) is 3. The van der Waals surface area contributed by atoms with Gasteiger partial charge in [0.15, 0.2) is 0 Å². The maximum absolute atomic E-state index is 5.82. The van der Waals surface area contributed by atoms with Crippen LogP contribution in [-0.2, 0) is 11.4 Å². The second-order valence-electron chi connectivity index (χ2n) is 4.49. The van der Waals surface area contributed by atoms with E-state index in [2.05, 4.69) is 15.1 Å². The zero-order valence-corrected chi connectivity index (χ0v) is 12.5. The normalized spacial score (nSPS) is 11.5. The van der Waals surface area contributed by atoms with E-state index >= 15 is 0 Å². The molecule has 20 heavy (non-hydrogen) atoms. The molecule has 5 heteroatoms. The number of benzene rings is 1. The Morgan fingerprint density at radius 2 is 1.95 bits per heavy atom. The van der Waals surface area contributed by atoms with Gasteiger partial charge in [0.25, 0.3) is 0 Å². The molecule has 0 saturated carbocycles. The Balaban J connectivity index is 2.02. The van der Waals surface area contributed by atoms with Crippen LogP contribution >= 0.6 is 11.6 Å². The van der Waals surface area contributed by atoms with Crippen LogP contribution in [0.4, 0.5) is 0 Å². The molecule has 0 bridgehead atoms. The lowest BCUT2D eigenvalue weighted by Crippen LogP contribution is -2.04. The van der Waals surface area contributed by atoms with Crippen LogP contribution in [0.25, 0.3) is 0 Å². The van der Waals surface area contributed by atoms with Gasteiger partial charge in [-0.05, 0) is 38.5 Å². The highest BCUT2D eigenvalue weighted by Crippen LogP contribution is 2.11. The van der Waals surface area contributed by atoms with Crippen molar-refractivity contribution in [2.75, 3.05) is 0 Å². The fourth-order valence-electron chi connectivity index (χ4n) is 1.77. The van der Waals surface area contributed by atoms with Gasteiger partial charge in [0.1, 0.15) is 12.4 Å². The summed E-state index contributed by atoms with van der Waals surface area (Å²) in [4.78, 5) is 13.8. The van der Waals surface area contributed by atoms with Crippen LogP contribution in [0.15, 0.2) is 35.6 Å². The maximum Gasteiger partial charge on any atom is 0.142 e. The van der Waals surface area contributed by atoms with Crippen molar-refractivity contribution in [1.82, 2.24) is 9.97 Å². The van der Waals surface area contributed by atoms with Crippen molar-refractivity contribution in [2.45, 2.75) is 27.4 Å². The van der Waals surface area contributed by atoms with Crippen LogP contribution in [-0.4, -0.2) is 15.7 Å². The van der Waals surface area contributed by atoms with Crippen molar-refractivity contribution in [3.8, 4) is 0 Å². The number of aryl methyl sites for hydroxylation is 2. The minimum Gasteiger partial charge on any atom is -0.391 e. The van der Waals surface area contributed by atoms with E-state index in [1.807, 2.05) is 45.0 Å². The Kier molecular flexibility index (Phi) is 4.69. The first-order valence-corrected chi connectivity index (χ1v) is 6.65. The van der Waals surface area contributed by atoms with E-state index < -0.39 is 0 Å². The molecule has 0 aliphatic heterocycles. The Morgan fingerprint density at radius 3 is 2.60 bits per heavy atom. The number of hydrogen-bond donors (Lipinski definition) is 0. The van der Waals surface area contributed by atoms with Gasteiger partial charge in [-0.25, -0.2) is 9.97 Å². The van der Waals surface area contributed by atoms with E-state index in [-0.39, 0.29) is 0 Å². The van der Waals surface area contributed by atoms with Crippen molar-refractivity contribution in [3.05, 3.63) is 58.1 Å². The molecule has 0 aliphatic carbocycles. The summed E-state index contributed by atoms with van der Waals surface area (Å²) in [6.45, 7) is 6.08. The third-order valence-corrected chi connectivity index (χ3v) is 3.09. The minimum absolute atomic E-state index is 0.403. The van der Waals surface area contributed by atoms with Crippen LogP contribution < -0.4 is 0 Å². The minimum atomic E-state index is 0.403. The van der Waals surface area contributed by atoms with Crippen molar-refractivity contribution >= 4 is 17.3 Å². The topological polar surface area (TPSA) is 47.4 Å². The van der Waals surface area contributed by atoms with Gasteiger partial charge in [0, 0.05) is 16.8 Å². The van der Waals surface area contributed by atoms with Gasteiger partial charge in [0.05, 0.1) is 11.4 Å². The third kappa shape index (κ3) is 3.78. The summed E-state index contributed by atoms with van der Waals surface area (Å²) < 4.78 is 0. The zero-order valence-electron chi connectivity index (χ0n) is 11.7. The quantitative estimate of drug-likeness (QED) is 0.637. The first kappa shape index (κ1) is 14.5. The van der Waals surface area contributed by atoms with Crippen molar-refractivity contribution in [3.63, 3.8) is 0 Å². The molecule has 0 aliphatic rings. The number of rotatable bonds is 4. The van der Waals surface area contributed by atoms with Gasteiger partial charge in [-0.2, -0.15) is 0 Å². The fraction of sp³-hybridized carbons (Fsp3) is 0.267. The molecule has 2 aromatic rings. The molecule has 0 saturated heterocycles. The molecule has 0 spiro atoms. The molecule has 0 atom stereocenters. The zero-order chi connectivity index (χ0) is 14.5. The van der Waals surface area contributed by atoms with Gasteiger partial charge in [0.2, 0.25) is 0 Å². The maximum atomic E-state index is 5.82. The molecule has 4 nitrogen and oxygen atoms in total. The van der Waals surface area contributed by atoms with E-state index in [1.54, 1.807) is 6.20 Å². The molecule has 0 N–H and O–H groups in total. The third-order valence-electron chi connectivity index (χ3n) is 2.84. The predicted octanol–water partition coefficient (Wildman–Crippen LogP) is 3.69. The van der Waals surface area contributed by atoms with Crippen molar-refractivity contribution in [2.24, 2.45) is 5.16 Å². The number of oxime groups is 1. The van der Waals surface area contributed by atoms with E-state index in [0.29, 0.717) is 11.6 Å². The number of halogens is 1. The molecule has 1 aromatic heterocycles. The van der Waals surface area contributed by atoms with E-state index in [4.69, 9.17) is 16.4 Å². The van der Waals surface area contributed by atoms with E-state index in [1.165, 1.54) is 0 Å². The first-order valence-electron chi connectivity index (χ1n) is 6.28. The molecule has 0 unspecified atom stereocenters. The van der Waals surface area contributed by atoms with Crippen molar-refractivity contribution < 1.29 is 4.84 Å². The molecule has 1 heterocycles. The molecule has 0 radical (unpaired) electrons. The number of aromatic nitrogens is 2. The molecule has 0 amide bonds. The highest BCUT2D eigenvalue weighted by atomic mass is 35.5. The fourth-order valence-corrected chi connectivity index (χ4v) is 1.90. The largest absolute Gasteiger partial charge is 0.391 e. The summed E-state index contributed by atoms with van der Waals surface area (Å²) in [5, 5.41) is 4.82. The molecular weight excluding hydrogens is 274 g/mol. The Hall–Kier alpha value is -1.94. The standard InChI is InChI=1S/C15H16ClN3O/c1-10-15(8-17-12(3)18-10)11(2)19-20-9-13-4-6-14(16)7-5-13/h4-8H,9H2,1-3H3. The van der Waals surface area contributed by atoms with Crippen LogP contribution in [0.5, 0.6) is 0 Å². The predicted molar refractivity (Wildman–Crippen MR) is 80.0 cm³/mol. The first-order chi connectivity index (χ1) is 9.56. The molecule has 104 valence electrons. The lowest BCUT2D eigenvalue weighted by molar-refractivity contribution is 0.130. The van der Waals surface area contributed by atoms with Crippen molar-refractivity contribution in [1.29, 1.82) is 0 Å². The molecule has 0 fully saturated rings. The average molecular weight is 290 g/mol. The van der Waals surface area contributed by atoms with Crippen LogP contribution in [0.2, 0.25) is 5.02 Å². The van der Waals surface area contributed by atoms with Crippen LogP contribution in [0.1, 0.15) is 29.6 Å². The van der Waals surface area contributed by atoms with Crippen LogP contribution in [0.3, 0.4) is 0 Å². The van der Waals surface area contributed by atoms with Gasteiger partial charge < -0.3 is 4.84 Å². The number of hydrogen-bond acceptors (Lipinski definition) is 4. The molecular formula is C15H16ClN3O. The van der Waals surface area contributed by atoms with Gasteiger partial charge in [-0.3, -0.25) is 0 Å². The highest BCUT2D eigenvalue weighted by molar-refractivity contribution is 6.30. The monoisotopic (exact) mass is 289 g/mol. The SMILES string of the molecule is CC(=NOCc1ccc(Cl)cc1)c1cnc(C)nc1C. The summed E-state index contributed by atoms with van der Waals surface area (Å²) in [7, 11) is 0. The summed E-state index contributed by atoms with van der Waals surface area (Å²) >= 11 is 5.82. The van der Waals surface area contributed by atoms with E-state index in [9.17, 15) is 0 Å². The lowest BCUT2D eigenvalue weighted by atomic mass is 10.2. The second kappa shape index (κ2) is 6.48. The van der Waals surface area contributed by atoms with Gasteiger partial charge >= 0.3 is 0 Å². The lowest BCUT2D eigenvalue weighted by Gasteiger charge is -2.05. The van der Waals surface area contributed by atoms with Crippen LogP contribution in [0, 0.1) is 13.8 Å². The Bertz CT molecular complexity index is 624. The van der Waals surface area contributed by atoms with Gasteiger partial charge in [-0.15, -0.1) is 0 Å². The summed E-state index contributed by atoms with van der Waals surface area (Å²) in [6, 6.07) is 7.48. The summed E-state index contributed by atoms with van der Waals surface area (Å²) in [5.74, 6) is 0.751. The van der Waals surface area contributed by atoms with Gasteiger partial charge in [-0.1, -0.05) is 28.9 Å². The smallest absolute Gasteiger partial charge is 0.142 e. The Labute approximate surface area is 123 Å². The van der Waals surface area contributed by atoms with E-state index in [0.717, 1.165) is 28.4 Å². The average Bonchev–Trinajstić information content (AvgIpc) is 2.41. The summed E-state index contributed by atoms with van der Waals surface area (Å²) in [5.41, 5.74) is 3.57. The molecule has 2 rings (SSSR count). The second-order valence-corrected chi connectivity index (χ2v) is 4.93.